The van der Waals surface area contributed by atoms with Gasteiger partial charge in [0.2, 0.25) is 0 Å². The Kier molecular flexibility index (Phi) is 3.04. The molecule has 16 heavy (non-hydrogen) atoms. The molecule has 3 N–H and O–H groups in total. The van der Waals surface area contributed by atoms with Crippen LogP contribution in [0.2, 0.25) is 0 Å². The number of hydrogen-bond donors (Lipinski definition) is 2. The molecule has 2 heteroatoms. The van der Waals surface area contributed by atoms with Gasteiger partial charge in [0.1, 0.15) is 5.72 Å². The molecular formula is C14H15NO. The zero-order chi connectivity index (χ0) is 11.4. The molecule has 0 aliphatic heterocycles. The summed E-state index contributed by atoms with van der Waals surface area (Å²) in [4.78, 5) is 0. The van der Waals surface area contributed by atoms with Crippen molar-refractivity contribution in [1.82, 2.24) is 0 Å². The van der Waals surface area contributed by atoms with Crippen LogP contribution in [-0.2, 0) is 12.1 Å². The molecule has 0 spiro atoms. The fraction of sp³-hybridized carbons (Fsp3) is 0.143. The lowest BCUT2D eigenvalue weighted by molar-refractivity contribution is 0.0439. The molecule has 0 amide bonds. The van der Waals surface area contributed by atoms with Gasteiger partial charge in [-0.1, -0.05) is 60.7 Å². The molecule has 2 aromatic rings. The predicted molar refractivity (Wildman–Crippen MR) is 64.7 cm³/mol. The van der Waals surface area contributed by atoms with Crippen molar-refractivity contribution in [2.45, 2.75) is 12.1 Å². The maximum Gasteiger partial charge on any atom is 0.143 e. The first-order valence-corrected chi connectivity index (χ1v) is 5.29. The highest BCUT2D eigenvalue weighted by Crippen LogP contribution is 2.19. The van der Waals surface area contributed by atoms with Crippen LogP contribution in [0.5, 0.6) is 0 Å². The van der Waals surface area contributed by atoms with Gasteiger partial charge in [0, 0.05) is 6.42 Å². The monoisotopic (exact) mass is 213 g/mol. The Labute approximate surface area is 95.4 Å². The van der Waals surface area contributed by atoms with E-state index in [0.29, 0.717) is 6.42 Å². The van der Waals surface area contributed by atoms with Crippen LogP contribution in [0.25, 0.3) is 0 Å². The summed E-state index contributed by atoms with van der Waals surface area (Å²) >= 11 is 0. The Hall–Kier alpha value is -1.64. The smallest absolute Gasteiger partial charge is 0.143 e. The minimum atomic E-state index is -1.30. The maximum absolute atomic E-state index is 10.2. The van der Waals surface area contributed by atoms with Gasteiger partial charge >= 0.3 is 0 Å². The van der Waals surface area contributed by atoms with E-state index in [1.54, 1.807) is 0 Å². The second-order valence-electron chi connectivity index (χ2n) is 3.95. The summed E-state index contributed by atoms with van der Waals surface area (Å²) in [5.74, 6) is 0. The first kappa shape index (κ1) is 10.9. The molecule has 0 aliphatic carbocycles. The Balaban J connectivity index is 2.21. The maximum atomic E-state index is 10.2. The zero-order valence-corrected chi connectivity index (χ0v) is 9.01. The standard InChI is InChI=1S/C14H15NO/c15-14(16,13-9-5-2-6-10-13)11-12-7-3-1-4-8-12/h1-10,16H,11,15H2. The molecule has 0 fully saturated rings. The Morgan fingerprint density at radius 2 is 1.38 bits per heavy atom. The van der Waals surface area contributed by atoms with Crippen LogP contribution in [0.3, 0.4) is 0 Å². The van der Waals surface area contributed by atoms with Crippen LogP contribution in [0.15, 0.2) is 60.7 Å². The zero-order valence-electron chi connectivity index (χ0n) is 9.01. The summed E-state index contributed by atoms with van der Waals surface area (Å²) in [5.41, 5.74) is 6.38. The van der Waals surface area contributed by atoms with E-state index in [4.69, 9.17) is 5.73 Å². The Morgan fingerprint density at radius 3 is 1.94 bits per heavy atom. The first-order valence-electron chi connectivity index (χ1n) is 5.29. The lowest BCUT2D eigenvalue weighted by Crippen LogP contribution is -2.38. The molecule has 0 radical (unpaired) electrons. The molecule has 2 nitrogen and oxygen atoms in total. The first-order chi connectivity index (χ1) is 7.68. The van der Waals surface area contributed by atoms with Crippen molar-refractivity contribution >= 4 is 0 Å². The van der Waals surface area contributed by atoms with Gasteiger partial charge in [-0.3, -0.25) is 5.73 Å². The summed E-state index contributed by atoms with van der Waals surface area (Å²) in [6, 6.07) is 19.1. The third kappa shape index (κ3) is 2.48. The highest BCUT2D eigenvalue weighted by molar-refractivity contribution is 5.25. The Morgan fingerprint density at radius 1 is 0.875 bits per heavy atom. The van der Waals surface area contributed by atoms with Crippen LogP contribution in [0.1, 0.15) is 11.1 Å². The van der Waals surface area contributed by atoms with Crippen molar-refractivity contribution in [3.05, 3.63) is 71.8 Å². The van der Waals surface area contributed by atoms with E-state index in [-0.39, 0.29) is 0 Å². The van der Waals surface area contributed by atoms with E-state index in [2.05, 4.69) is 0 Å². The largest absolute Gasteiger partial charge is 0.371 e. The fourth-order valence-electron chi connectivity index (χ4n) is 1.74. The van der Waals surface area contributed by atoms with Gasteiger partial charge in [0.05, 0.1) is 0 Å². The van der Waals surface area contributed by atoms with Crippen molar-refractivity contribution in [2.75, 3.05) is 0 Å². The van der Waals surface area contributed by atoms with Crippen LogP contribution in [0, 0.1) is 0 Å². The van der Waals surface area contributed by atoms with Crippen LogP contribution in [0.4, 0.5) is 0 Å². The van der Waals surface area contributed by atoms with Crippen LogP contribution < -0.4 is 5.73 Å². The molecule has 0 aromatic heterocycles. The van der Waals surface area contributed by atoms with Crippen molar-refractivity contribution in [3.63, 3.8) is 0 Å². The molecule has 1 unspecified atom stereocenters. The molecule has 0 aliphatic rings. The fourth-order valence-corrected chi connectivity index (χ4v) is 1.74. The second-order valence-corrected chi connectivity index (χ2v) is 3.95. The molecule has 0 saturated heterocycles. The molecular weight excluding hydrogens is 198 g/mol. The van der Waals surface area contributed by atoms with Crippen molar-refractivity contribution in [1.29, 1.82) is 0 Å². The predicted octanol–water partition coefficient (Wildman–Crippen LogP) is 2.03. The van der Waals surface area contributed by atoms with Gasteiger partial charge in [0.15, 0.2) is 0 Å². The van der Waals surface area contributed by atoms with E-state index < -0.39 is 5.72 Å². The molecule has 0 saturated carbocycles. The molecule has 0 bridgehead atoms. The summed E-state index contributed by atoms with van der Waals surface area (Å²) in [6.45, 7) is 0. The number of aliphatic hydroxyl groups is 1. The second kappa shape index (κ2) is 4.47. The van der Waals surface area contributed by atoms with Gasteiger partial charge in [-0.25, -0.2) is 0 Å². The molecule has 0 heterocycles. The SMILES string of the molecule is NC(O)(Cc1ccccc1)c1ccccc1. The Bertz CT molecular complexity index is 437. The molecule has 1 atom stereocenters. The average molecular weight is 213 g/mol. The van der Waals surface area contributed by atoms with Gasteiger partial charge in [0.25, 0.3) is 0 Å². The summed E-state index contributed by atoms with van der Waals surface area (Å²) < 4.78 is 0. The minimum absolute atomic E-state index is 0.415. The lowest BCUT2D eigenvalue weighted by atomic mass is 9.96. The number of benzene rings is 2. The van der Waals surface area contributed by atoms with Crippen molar-refractivity contribution < 1.29 is 5.11 Å². The summed E-state index contributed by atoms with van der Waals surface area (Å²) in [5, 5.41) is 10.2. The minimum Gasteiger partial charge on any atom is -0.371 e. The quantitative estimate of drug-likeness (QED) is 0.766. The topological polar surface area (TPSA) is 46.2 Å². The van der Waals surface area contributed by atoms with E-state index in [1.807, 2.05) is 60.7 Å². The van der Waals surface area contributed by atoms with Crippen molar-refractivity contribution in [3.8, 4) is 0 Å². The molecule has 82 valence electrons. The van der Waals surface area contributed by atoms with Crippen molar-refractivity contribution in [2.24, 2.45) is 5.73 Å². The third-order valence-electron chi connectivity index (χ3n) is 2.59. The van der Waals surface area contributed by atoms with E-state index in [9.17, 15) is 5.11 Å². The van der Waals surface area contributed by atoms with E-state index >= 15 is 0 Å². The van der Waals surface area contributed by atoms with Crippen LogP contribution >= 0.6 is 0 Å². The van der Waals surface area contributed by atoms with Crippen LogP contribution in [-0.4, -0.2) is 5.11 Å². The normalized spacial score (nSPS) is 14.4. The highest BCUT2D eigenvalue weighted by atomic mass is 16.3. The lowest BCUT2D eigenvalue weighted by Gasteiger charge is -2.23. The van der Waals surface area contributed by atoms with Gasteiger partial charge in [-0.05, 0) is 11.1 Å². The van der Waals surface area contributed by atoms with E-state index in [1.165, 1.54) is 0 Å². The van der Waals surface area contributed by atoms with E-state index in [0.717, 1.165) is 11.1 Å². The number of nitrogens with two attached hydrogens (primary N) is 1. The van der Waals surface area contributed by atoms with Gasteiger partial charge in [-0.2, -0.15) is 0 Å². The third-order valence-corrected chi connectivity index (χ3v) is 2.59. The van der Waals surface area contributed by atoms with Gasteiger partial charge < -0.3 is 5.11 Å². The average Bonchev–Trinajstić information content (AvgIpc) is 2.31. The number of hydrogen-bond acceptors (Lipinski definition) is 2. The summed E-state index contributed by atoms with van der Waals surface area (Å²) in [7, 11) is 0. The highest BCUT2D eigenvalue weighted by Gasteiger charge is 2.23. The summed E-state index contributed by atoms with van der Waals surface area (Å²) in [6.07, 6.45) is 0.415. The number of rotatable bonds is 3. The molecule has 2 rings (SSSR count). The van der Waals surface area contributed by atoms with Gasteiger partial charge in [-0.15, -0.1) is 0 Å². The molecule has 2 aromatic carbocycles.